The van der Waals surface area contributed by atoms with E-state index in [2.05, 4.69) is 15.5 Å². The monoisotopic (exact) mass is 335 g/mol. The zero-order valence-electron chi connectivity index (χ0n) is 13.3. The van der Waals surface area contributed by atoms with Crippen molar-refractivity contribution in [2.75, 3.05) is 11.1 Å². The molecule has 0 fully saturated rings. The summed E-state index contributed by atoms with van der Waals surface area (Å²) in [5.74, 6) is 0.247. The minimum absolute atomic E-state index is 0.0526. The number of nitrogens with zero attached hydrogens (tertiary/aromatic N) is 2. The Balaban J connectivity index is 1.57. The van der Waals surface area contributed by atoms with Crippen LogP contribution in [0.25, 0.3) is 11.3 Å². The quantitative estimate of drug-likeness (QED) is 0.711. The molecule has 0 aliphatic heterocycles. The molecule has 5 heteroatoms. The third-order valence-electron chi connectivity index (χ3n) is 3.48. The molecule has 1 N–H and O–H groups in total. The molecule has 3 rings (SSSR count). The summed E-state index contributed by atoms with van der Waals surface area (Å²) in [7, 11) is 0. The normalized spacial score (nSPS) is 10.4. The highest BCUT2D eigenvalue weighted by Gasteiger charge is 2.07. The fourth-order valence-corrected chi connectivity index (χ4v) is 2.81. The lowest BCUT2D eigenvalue weighted by atomic mass is 10.1. The Morgan fingerprint density at radius 1 is 0.958 bits per heavy atom. The van der Waals surface area contributed by atoms with Crippen LogP contribution in [0.5, 0.6) is 0 Å². The fraction of sp³-hybridized carbons (Fsp3) is 0.105. The van der Waals surface area contributed by atoms with E-state index in [1.807, 2.05) is 73.7 Å². The van der Waals surface area contributed by atoms with Gasteiger partial charge in [-0.3, -0.25) is 4.79 Å². The summed E-state index contributed by atoms with van der Waals surface area (Å²) in [6.45, 7) is 1.97. The highest BCUT2D eigenvalue weighted by atomic mass is 32.2. The first-order chi connectivity index (χ1) is 11.7. The van der Waals surface area contributed by atoms with Gasteiger partial charge in [0, 0.05) is 11.3 Å². The van der Waals surface area contributed by atoms with Gasteiger partial charge in [-0.1, -0.05) is 60.3 Å². The van der Waals surface area contributed by atoms with Crippen LogP contribution in [0, 0.1) is 6.92 Å². The highest BCUT2D eigenvalue weighted by molar-refractivity contribution is 7.99. The van der Waals surface area contributed by atoms with Gasteiger partial charge in [0.15, 0.2) is 0 Å². The van der Waals surface area contributed by atoms with Gasteiger partial charge in [0.25, 0.3) is 0 Å². The molecule has 120 valence electrons. The predicted octanol–water partition coefficient (Wildman–Crippen LogP) is 4.18. The molecule has 24 heavy (non-hydrogen) atoms. The van der Waals surface area contributed by atoms with Crippen molar-refractivity contribution in [1.29, 1.82) is 0 Å². The van der Waals surface area contributed by atoms with E-state index >= 15 is 0 Å². The van der Waals surface area contributed by atoms with E-state index < -0.39 is 0 Å². The van der Waals surface area contributed by atoms with Gasteiger partial charge >= 0.3 is 0 Å². The molecule has 0 bridgehead atoms. The average molecular weight is 335 g/mol. The Morgan fingerprint density at radius 2 is 1.71 bits per heavy atom. The number of carbonyl (C=O) groups excluding carboxylic acids is 1. The van der Waals surface area contributed by atoms with Gasteiger partial charge in [-0.2, -0.15) is 0 Å². The van der Waals surface area contributed by atoms with Crippen LogP contribution in [0.15, 0.2) is 71.8 Å². The first-order valence-electron chi connectivity index (χ1n) is 7.60. The second-order valence-corrected chi connectivity index (χ2v) is 6.27. The SMILES string of the molecule is Cc1ccccc1NC(=O)CSc1ccc(-c2ccccc2)nn1. The maximum Gasteiger partial charge on any atom is 0.234 e. The molecular formula is C19H17N3OS. The lowest BCUT2D eigenvalue weighted by Gasteiger charge is -2.07. The first kappa shape index (κ1) is 16.2. The number of rotatable bonds is 5. The molecule has 0 saturated carbocycles. The second-order valence-electron chi connectivity index (χ2n) is 5.27. The smallest absolute Gasteiger partial charge is 0.234 e. The van der Waals surface area contributed by atoms with Crippen molar-refractivity contribution in [3.8, 4) is 11.3 Å². The maximum absolute atomic E-state index is 12.0. The second kappa shape index (κ2) is 7.75. The van der Waals surface area contributed by atoms with E-state index in [1.54, 1.807) is 0 Å². The number of thioether (sulfide) groups is 1. The van der Waals surface area contributed by atoms with Crippen molar-refractivity contribution >= 4 is 23.4 Å². The Hall–Kier alpha value is -2.66. The van der Waals surface area contributed by atoms with Gasteiger partial charge in [-0.25, -0.2) is 0 Å². The van der Waals surface area contributed by atoms with Crippen LogP contribution in [0.4, 0.5) is 5.69 Å². The van der Waals surface area contributed by atoms with Crippen molar-refractivity contribution in [3.05, 3.63) is 72.3 Å². The molecule has 0 aliphatic rings. The van der Waals surface area contributed by atoms with Gasteiger partial charge in [0.05, 0.1) is 11.4 Å². The van der Waals surface area contributed by atoms with Gasteiger partial charge in [-0.05, 0) is 30.7 Å². The number of anilines is 1. The van der Waals surface area contributed by atoms with Crippen molar-refractivity contribution in [1.82, 2.24) is 10.2 Å². The Morgan fingerprint density at radius 3 is 2.42 bits per heavy atom. The molecule has 0 radical (unpaired) electrons. The van der Waals surface area contributed by atoms with Crippen molar-refractivity contribution in [2.45, 2.75) is 11.9 Å². The number of aromatic nitrogens is 2. The third kappa shape index (κ3) is 4.20. The molecular weight excluding hydrogens is 318 g/mol. The van der Waals surface area contributed by atoms with E-state index in [9.17, 15) is 4.79 Å². The van der Waals surface area contributed by atoms with Crippen LogP contribution in [-0.2, 0) is 4.79 Å². The number of benzene rings is 2. The molecule has 0 aliphatic carbocycles. The number of amides is 1. The summed E-state index contributed by atoms with van der Waals surface area (Å²) in [6.07, 6.45) is 0. The first-order valence-corrected chi connectivity index (χ1v) is 8.58. The molecule has 0 unspecified atom stereocenters. The number of carbonyl (C=O) groups is 1. The molecule has 0 spiro atoms. The topological polar surface area (TPSA) is 54.9 Å². The summed E-state index contributed by atoms with van der Waals surface area (Å²) in [6, 6.07) is 21.4. The maximum atomic E-state index is 12.0. The summed E-state index contributed by atoms with van der Waals surface area (Å²) >= 11 is 1.37. The molecule has 1 aromatic heterocycles. The van der Waals surface area contributed by atoms with Gasteiger partial charge in [-0.15, -0.1) is 10.2 Å². The van der Waals surface area contributed by atoms with Crippen LogP contribution in [0.3, 0.4) is 0 Å². The van der Waals surface area contributed by atoms with E-state index in [4.69, 9.17) is 0 Å². The molecule has 2 aromatic carbocycles. The fourth-order valence-electron chi connectivity index (χ4n) is 2.20. The number of hydrogen-bond acceptors (Lipinski definition) is 4. The Labute approximate surface area is 145 Å². The minimum atomic E-state index is -0.0526. The van der Waals surface area contributed by atoms with E-state index in [0.717, 1.165) is 27.5 Å². The van der Waals surface area contributed by atoms with E-state index in [-0.39, 0.29) is 5.91 Å². The highest BCUT2D eigenvalue weighted by Crippen LogP contribution is 2.20. The predicted molar refractivity (Wildman–Crippen MR) is 98.0 cm³/mol. The van der Waals surface area contributed by atoms with Gasteiger partial charge in [0.2, 0.25) is 5.91 Å². The molecule has 1 heterocycles. The van der Waals surface area contributed by atoms with Crippen LogP contribution in [-0.4, -0.2) is 21.9 Å². The molecule has 4 nitrogen and oxygen atoms in total. The summed E-state index contributed by atoms with van der Waals surface area (Å²) in [5.41, 5.74) is 3.74. The molecule has 1 amide bonds. The summed E-state index contributed by atoms with van der Waals surface area (Å²) in [4.78, 5) is 12.0. The lowest BCUT2D eigenvalue weighted by molar-refractivity contribution is -0.113. The number of hydrogen-bond donors (Lipinski definition) is 1. The van der Waals surface area contributed by atoms with Crippen LogP contribution < -0.4 is 5.32 Å². The zero-order chi connectivity index (χ0) is 16.8. The number of nitrogens with one attached hydrogen (secondary N) is 1. The standard InChI is InChI=1S/C19H17N3OS/c1-14-7-5-6-10-16(14)20-18(23)13-24-19-12-11-17(21-22-19)15-8-3-2-4-9-15/h2-12H,13H2,1H3,(H,20,23). The summed E-state index contributed by atoms with van der Waals surface area (Å²) < 4.78 is 0. The molecule has 0 saturated heterocycles. The Bertz CT molecular complexity index is 820. The number of aryl methyl sites for hydroxylation is 1. The van der Waals surface area contributed by atoms with E-state index in [0.29, 0.717) is 5.75 Å². The Kier molecular flexibility index (Phi) is 5.23. The molecule has 0 atom stereocenters. The van der Waals surface area contributed by atoms with Gasteiger partial charge < -0.3 is 5.32 Å². The van der Waals surface area contributed by atoms with Crippen molar-refractivity contribution in [2.24, 2.45) is 0 Å². The largest absolute Gasteiger partial charge is 0.325 e. The molecule has 3 aromatic rings. The van der Waals surface area contributed by atoms with Crippen LogP contribution >= 0.6 is 11.8 Å². The van der Waals surface area contributed by atoms with Crippen LogP contribution in [0.1, 0.15) is 5.56 Å². The lowest BCUT2D eigenvalue weighted by Crippen LogP contribution is -2.14. The third-order valence-corrected chi connectivity index (χ3v) is 4.40. The van der Waals surface area contributed by atoms with E-state index in [1.165, 1.54) is 11.8 Å². The van der Waals surface area contributed by atoms with Crippen molar-refractivity contribution < 1.29 is 4.79 Å². The van der Waals surface area contributed by atoms with Crippen molar-refractivity contribution in [3.63, 3.8) is 0 Å². The zero-order valence-corrected chi connectivity index (χ0v) is 14.1. The number of para-hydroxylation sites is 1. The minimum Gasteiger partial charge on any atom is -0.325 e. The average Bonchev–Trinajstić information content (AvgIpc) is 2.63. The van der Waals surface area contributed by atoms with Crippen LogP contribution in [0.2, 0.25) is 0 Å². The van der Waals surface area contributed by atoms with Gasteiger partial charge in [0.1, 0.15) is 5.03 Å². The summed E-state index contributed by atoms with van der Waals surface area (Å²) in [5, 5.41) is 12.0.